The number of rotatable bonds is 3. The number of nitrogens with zero attached hydrogens (tertiary/aromatic N) is 2. The number of benzene rings is 1. The van der Waals surface area contributed by atoms with Gasteiger partial charge in [0.15, 0.2) is 0 Å². The molecule has 0 radical (unpaired) electrons. The second kappa shape index (κ2) is 5.32. The molecule has 0 amide bonds. The Morgan fingerprint density at radius 3 is 2.55 bits per heavy atom. The average Bonchev–Trinajstić information content (AvgIpc) is 2.42. The normalized spacial score (nSPS) is 10.6. The Hall–Kier alpha value is -2.37. The molecule has 5 nitrogen and oxygen atoms in total. The molecule has 0 aliphatic carbocycles. The van der Waals surface area contributed by atoms with E-state index in [0.717, 1.165) is 10.1 Å². The van der Waals surface area contributed by atoms with Gasteiger partial charge in [-0.25, -0.2) is 9.18 Å². The van der Waals surface area contributed by atoms with Gasteiger partial charge in [0, 0.05) is 31.5 Å². The summed E-state index contributed by atoms with van der Waals surface area (Å²) >= 11 is 0. The van der Waals surface area contributed by atoms with Gasteiger partial charge in [0.05, 0.1) is 6.54 Å². The summed E-state index contributed by atoms with van der Waals surface area (Å²) in [5.74, 6) is -0.337. The minimum Gasteiger partial charge on any atom is -0.379 e. The first-order valence-electron chi connectivity index (χ1n) is 6.16. The molecule has 0 bridgehead atoms. The van der Waals surface area contributed by atoms with Crippen LogP contribution in [0.3, 0.4) is 0 Å². The predicted molar refractivity (Wildman–Crippen MR) is 75.4 cm³/mol. The third kappa shape index (κ3) is 2.64. The van der Waals surface area contributed by atoms with Crippen LogP contribution in [-0.4, -0.2) is 9.13 Å². The number of anilines is 1. The first kappa shape index (κ1) is 14.0. The first-order chi connectivity index (χ1) is 9.40. The van der Waals surface area contributed by atoms with Gasteiger partial charge >= 0.3 is 5.69 Å². The van der Waals surface area contributed by atoms with Crippen molar-refractivity contribution in [1.82, 2.24) is 9.13 Å². The Morgan fingerprint density at radius 2 is 1.85 bits per heavy atom. The van der Waals surface area contributed by atoms with Crippen LogP contribution in [0, 0.1) is 12.7 Å². The molecule has 6 heteroatoms. The summed E-state index contributed by atoms with van der Waals surface area (Å²) in [5.41, 5.74) is 1.33. The molecule has 1 N–H and O–H groups in total. The lowest BCUT2D eigenvalue weighted by atomic mass is 10.2. The molecule has 106 valence electrons. The zero-order valence-electron chi connectivity index (χ0n) is 11.6. The summed E-state index contributed by atoms with van der Waals surface area (Å²) in [4.78, 5) is 23.4. The molecule has 0 unspecified atom stereocenters. The summed E-state index contributed by atoms with van der Waals surface area (Å²) in [5, 5.41) is 3.04. The van der Waals surface area contributed by atoms with E-state index in [0.29, 0.717) is 11.4 Å². The molecule has 2 rings (SSSR count). The molecule has 0 fully saturated rings. The van der Waals surface area contributed by atoms with Gasteiger partial charge in [-0.2, -0.15) is 0 Å². The van der Waals surface area contributed by atoms with E-state index in [1.807, 2.05) is 6.92 Å². The Labute approximate surface area is 115 Å². The van der Waals surface area contributed by atoms with Crippen molar-refractivity contribution in [2.24, 2.45) is 14.1 Å². The zero-order chi connectivity index (χ0) is 14.9. The minimum absolute atomic E-state index is 0.270. The van der Waals surface area contributed by atoms with E-state index in [1.54, 1.807) is 13.1 Å². The van der Waals surface area contributed by atoms with Crippen molar-refractivity contribution in [3.8, 4) is 0 Å². The Balaban J connectivity index is 2.30. The molecule has 1 aromatic carbocycles. The van der Waals surface area contributed by atoms with Crippen LogP contribution >= 0.6 is 0 Å². The second-order valence-electron chi connectivity index (χ2n) is 4.69. The monoisotopic (exact) mass is 277 g/mol. The number of hydrogen-bond donors (Lipinski definition) is 1. The van der Waals surface area contributed by atoms with Crippen molar-refractivity contribution >= 4 is 5.69 Å². The fraction of sp³-hybridized carbons (Fsp3) is 0.286. The molecule has 0 aliphatic rings. The van der Waals surface area contributed by atoms with Gasteiger partial charge in [0.1, 0.15) is 5.82 Å². The number of aromatic nitrogens is 2. The number of aryl methyl sites for hydroxylation is 1. The van der Waals surface area contributed by atoms with Crippen LogP contribution in [0.25, 0.3) is 0 Å². The predicted octanol–water partition coefficient (Wildman–Crippen LogP) is 1.14. The maximum atomic E-state index is 13.2. The molecule has 1 heterocycles. The molecule has 0 atom stereocenters. The Morgan fingerprint density at radius 1 is 1.15 bits per heavy atom. The van der Waals surface area contributed by atoms with Crippen LogP contribution in [0.1, 0.15) is 11.3 Å². The van der Waals surface area contributed by atoms with Crippen molar-refractivity contribution in [1.29, 1.82) is 0 Å². The van der Waals surface area contributed by atoms with Gasteiger partial charge in [-0.15, -0.1) is 0 Å². The summed E-state index contributed by atoms with van der Waals surface area (Å²) in [6.07, 6.45) is 0. The molecule has 0 aliphatic heterocycles. The third-order valence-corrected chi connectivity index (χ3v) is 3.28. The van der Waals surface area contributed by atoms with Crippen molar-refractivity contribution < 1.29 is 4.39 Å². The van der Waals surface area contributed by atoms with Gasteiger partial charge in [-0.3, -0.25) is 13.9 Å². The maximum Gasteiger partial charge on any atom is 0.330 e. The van der Waals surface area contributed by atoms with Gasteiger partial charge in [-0.05, 0) is 24.6 Å². The number of nitrogens with one attached hydrogen (secondary N) is 1. The van der Waals surface area contributed by atoms with Gasteiger partial charge in [0.25, 0.3) is 5.56 Å². The van der Waals surface area contributed by atoms with Crippen molar-refractivity contribution in [3.63, 3.8) is 0 Å². The molecule has 0 spiro atoms. The standard InChI is InChI=1S/C14H16FN3O2/c1-9-4-5-10(15)6-12(9)16-8-11-7-13(19)18(3)14(20)17(11)2/h4-7,16H,8H2,1-3H3. The molecule has 1 aromatic heterocycles. The molecule has 2 aromatic rings. The zero-order valence-corrected chi connectivity index (χ0v) is 11.6. The summed E-state index contributed by atoms with van der Waals surface area (Å²) < 4.78 is 15.6. The van der Waals surface area contributed by atoms with Gasteiger partial charge in [-0.1, -0.05) is 6.07 Å². The molecular formula is C14H16FN3O2. The van der Waals surface area contributed by atoms with Crippen molar-refractivity contribution in [2.45, 2.75) is 13.5 Å². The first-order valence-corrected chi connectivity index (χ1v) is 6.16. The van der Waals surface area contributed by atoms with E-state index in [4.69, 9.17) is 0 Å². The van der Waals surface area contributed by atoms with E-state index < -0.39 is 0 Å². The molecular weight excluding hydrogens is 261 g/mol. The van der Waals surface area contributed by atoms with Gasteiger partial charge < -0.3 is 5.32 Å². The minimum atomic E-state index is -0.384. The second-order valence-corrected chi connectivity index (χ2v) is 4.69. The maximum absolute atomic E-state index is 13.2. The van der Waals surface area contributed by atoms with E-state index in [9.17, 15) is 14.0 Å². The highest BCUT2D eigenvalue weighted by Gasteiger charge is 2.06. The van der Waals surface area contributed by atoms with Crippen LogP contribution in [0.2, 0.25) is 0 Å². The van der Waals surface area contributed by atoms with Crippen LogP contribution in [0.4, 0.5) is 10.1 Å². The summed E-state index contributed by atoms with van der Waals surface area (Å²) in [7, 11) is 3.02. The SMILES string of the molecule is Cc1ccc(F)cc1NCc1cc(=O)n(C)c(=O)n1C. The van der Waals surface area contributed by atoms with E-state index in [1.165, 1.54) is 29.8 Å². The highest BCUT2D eigenvalue weighted by molar-refractivity contribution is 5.50. The smallest absolute Gasteiger partial charge is 0.330 e. The molecule has 20 heavy (non-hydrogen) atoms. The Kier molecular flexibility index (Phi) is 3.74. The Bertz CT molecular complexity index is 762. The average molecular weight is 277 g/mol. The van der Waals surface area contributed by atoms with Crippen molar-refractivity contribution in [3.05, 3.63) is 62.2 Å². The van der Waals surface area contributed by atoms with Crippen LogP contribution in [-0.2, 0) is 20.6 Å². The largest absolute Gasteiger partial charge is 0.379 e. The fourth-order valence-electron chi connectivity index (χ4n) is 1.92. The third-order valence-electron chi connectivity index (χ3n) is 3.28. The lowest BCUT2D eigenvalue weighted by Crippen LogP contribution is -2.38. The summed E-state index contributed by atoms with van der Waals surface area (Å²) in [6.45, 7) is 2.12. The number of hydrogen-bond acceptors (Lipinski definition) is 3. The van der Waals surface area contributed by atoms with Crippen LogP contribution in [0.5, 0.6) is 0 Å². The van der Waals surface area contributed by atoms with Crippen molar-refractivity contribution in [2.75, 3.05) is 5.32 Å². The van der Waals surface area contributed by atoms with Crippen LogP contribution in [0.15, 0.2) is 33.9 Å². The summed E-state index contributed by atoms with van der Waals surface area (Å²) in [6, 6.07) is 5.83. The van der Waals surface area contributed by atoms with Crippen LogP contribution < -0.4 is 16.6 Å². The molecule has 0 saturated carbocycles. The highest BCUT2D eigenvalue weighted by atomic mass is 19.1. The lowest BCUT2D eigenvalue weighted by Gasteiger charge is -2.13. The number of halogens is 1. The topological polar surface area (TPSA) is 56.0 Å². The van der Waals surface area contributed by atoms with E-state index in [-0.39, 0.29) is 23.6 Å². The highest BCUT2D eigenvalue weighted by Crippen LogP contribution is 2.16. The molecule has 0 saturated heterocycles. The lowest BCUT2D eigenvalue weighted by molar-refractivity contribution is 0.627. The quantitative estimate of drug-likeness (QED) is 0.915. The van der Waals surface area contributed by atoms with Gasteiger partial charge in [0.2, 0.25) is 0 Å². The van der Waals surface area contributed by atoms with E-state index in [2.05, 4.69) is 5.32 Å². The van der Waals surface area contributed by atoms with E-state index >= 15 is 0 Å². The fourth-order valence-corrected chi connectivity index (χ4v) is 1.92.